The third kappa shape index (κ3) is 4.14. The van der Waals surface area contributed by atoms with Gasteiger partial charge in [-0.05, 0) is 11.1 Å². The zero-order chi connectivity index (χ0) is 14.3. The van der Waals surface area contributed by atoms with Crippen molar-refractivity contribution in [3.8, 4) is 0 Å². The molecular weight excluding hydrogens is 262 g/mol. The minimum absolute atomic E-state index is 0.119. The van der Waals surface area contributed by atoms with E-state index >= 15 is 0 Å². The quantitative estimate of drug-likeness (QED) is 0.884. The molecule has 0 unspecified atom stereocenters. The molecule has 0 bridgehead atoms. The highest BCUT2D eigenvalue weighted by atomic mass is 16.5. The van der Waals surface area contributed by atoms with Gasteiger partial charge < -0.3 is 14.8 Å². The molecule has 110 valence electrons. The van der Waals surface area contributed by atoms with Gasteiger partial charge in [-0.2, -0.15) is 0 Å². The van der Waals surface area contributed by atoms with Crippen molar-refractivity contribution in [1.29, 1.82) is 0 Å². The van der Waals surface area contributed by atoms with E-state index in [1.54, 1.807) is 0 Å². The second kappa shape index (κ2) is 7.36. The molecule has 2 aromatic carbocycles. The first kappa shape index (κ1) is 14.3. The van der Waals surface area contributed by atoms with Crippen molar-refractivity contribution in [2.24, 2.45) is 0 Å². The predicted octanol–water partition coefficient (Wildman–Crippen LogP) is 2.76. The monoisotopic (exact) mass is 283 g/mol. The fourth-order valence-electron chi connectivity index (χ4n) is 2.52. The van der Waals surface area contributed by atoms with Crippen LogP contribution in [0.15, 0.2) is 60.7 Å². The van der Waals surface area contributed by atoms with E-state index in [-0.39, 0.29) is 12.2 Å². The molecule has 21 heavy (non-hydrogen) atoms. The molecule has 0 radical (unpaired) electrons. The Morgan fingerprint density at radius 2 is 1.14 bits per heavy atom. The lowest BCUT2D eigenvalue weighted by Gasteiger charge is -2.20. The van der Waals surface area contributed by atoms with Gasteiger partial charge in [0.2, 0.25) is 0 Å². The molecule has 1 heterocycles. The van der Waals surface area contributed by atoms with Crippen LogP contribution in [-0.2, 0) is 22.7 Å². The molecule has 0 aromatic heterocycles. The van der Waals surface area contributed by atoms with Crippen LogP contribution in [0.1, 0.15) is 11.1 Å². The minimum Gasteiger partial charge on any atom is -0.369 e. The van der Waals surface area contributed by atoms with Crippen LogP contribution in [0.25, 0.3) is 0 Å². The molecule has 0 saturated carbocycles. The number of ether oxygens (including phenoxy) is 2. The Morgan fingerprint density at radius 3 is 1.57 bits per heavy atom. The summed E-state index contributed by atoms with van der Waals surface area (Å²) in [6.45, 7) is 2.98. The van der Waals surface area contributed by atoms with Crippen LogP contribution in [0.5, 0.6) is 0 Å². The number of hydrogen-bond acceptors (Lipinski definition) is 3. The highest BCUT2D eigenvalue weighted by molar-refractivity contribution is 5.14. The maximum absolute atomic E-state index is 6.00. The number of hydrogen-bond donors (Lipinski definition) is 1. The maximum atomic E-state index is 6.00. The van der Waals surface area contributed by atoms with E-state index in [9.17, 15) is 0 Å². The van der Waals surface area contributed by atoms with Crippen LogP contribution in [0.4, 0.5) is 0 Å². The normalized spacial score (nSPS) is 21.5. The molecule has 1 N–H and O–H groups in total. The van der Waals surface area contributed by atoms with Crippen molar-refractivity contribution in [2.75, 3.05) is 13.1 Å². The van der Waals surface area contributed by atoms with Gasteiger partial charge in [-0.3, -0.25) is 0 Å². The van der Waals surface area contributed by atoms with Gasteiger partial charge in [0.05, 0.1) is 25.4 Å². The Morgan fingerprint density at radius 1 is 0.714 bits per heavy atom. The fraction of sp³-hybridized carbons (Fsp3) is 0.333. The van der Waals surface area contributed by atoms with Crippen molar-refractivity contribution in [3.63, 3.8) is 0 Å². The Hall–Kier alpha value is -1.68. The van der Waals surface area contributed by atoms with E-state index < -0.39 is 0 Å². The zero-order valence-electron chi connectivity index (χ0n) is 12.1. The van der Waals surface area contributed by atoms with Crippen molar-refractivity contribution < 1.29 is 9.47 Å². The second-order valence-corrected chi connectivity index (χ2v) is 5.33. The van der Waals surface area contributed by atoms with Gasteiger partial charge in [0.25, 0.3) is 0 Å². The first-order chi connectivity index (χ1) is 10.4. The summed E-state index contributed by atoms with van der Waals surface area (Å²) in [4.78, 5) is 0. The summed E-state index contributed by atoms with van der Waals surface area (Å²) in [6, 6.07) is 20.5. The van der Waals surface area contributed by atoms with Crippen molar-refractivity contribution in [3.05, 3.63) is 71.8 Å². The average Bonchev–Trinajstić information content (AvgIpc) is 3.00. The van der Waals surface area contributed by atoms with Gasteiger partial charge in [0.15, 0.2) is 0 Å². The lowest BCUT2D eigenvalue weighted by molar-refractivity contribution is -0.0591. The molecule has 3 rings (SSSR count). The molecule has 3 heteroatoms. The fourth-order valence-corrected chi connectivity index (χ4v) is 2.52. The Kier molecular flexibility index (Phi) is 5.00. The minimum atomic E-state index is 0.119. The molecule has 0 spiro atoms. The molecule has 0 amide bonds. The van der Waals surface area contributed by atoms with E-state index in [2.05, 4.69) is 29.6 Å². The second-order valence-electron chi connectivity index (χ2n) is 5.33. The number of benzene rings is 2. The molecule has 0 aliphatic carbocycles. The van der Waals surface area contributed by atoms with E-state index in [0.29, 0.717) is 13.2 Å². The van der Waals surface area contributed by atoms with Crippen LogP contribution < -0.4 is 5.32 Å². The summed E-state index contributed by atoms with van der Waals surface area (Å²) in [5, 5.41) is 3.34. The van der Waals surface area contributed by atoms with Crippen molar-refractivity contribution >= 4 is 0 Å². The molecule has 1 fully saturated rings. The highest BCUT2D eigenvalue weighted by Crippen LogP contribution is 2.14. The SMILES string of the molecule is c1ccc(CO[C@@H]2CNC[C@H]2OCc2ccccc2)cc1. The van der Waals surface area contributed by atoms with Crippen LogP contribution in [0, 0.1) is 0 Å². The van der Waals surface area contributed by atoms with Crippen LogP contribution >= 0.6 is 0 Å². The standard InChI is InChI=1S/C18H21NO2/c1-3-7-15(8-4-1)13-20-17-11-19-12-18(17)21-14-16-9-5-2-6-10-16/h1-10,17-19H,11-14H2/t17-,18-/m1/s1. The van der Waals surface area contributed by atoms with E-state index in [1.807, 2.05) is 36.4 Å². The van der Waals surface area contributed by atoms with Gasteiger partial charge in [-0.1, -0.05) is 60.7 Å². The number of rotatable bonds is 6. The summed E-state index contributed by atoms with van der Waals surface area (Å²) >= 11 is 0. The summed E-state index contributed by atoms with van der Waals surface area (Å²) in [5.41, 5.74) is 2.40. The smallest absolute Gasteiger partial charge is 0.0977 e. The average molecular weight is 283 g/mol. The van der Waals surface area contributed by atoms with E-state index in [4.69, 9.17) is 9.47 Å². The molecular formula is C18H21NO2. The summed E-state index contributed by atoms with van der Waals surface area (Å²) in [5.74, 6) is 0. The maximum Gasteiger partial charge on any atom is 0.0977 e. The van der Waals surface area contributed by atoms with E-state index in [1.165, 1.54) is 11.1 Å². The van der Waals surface area contributed by atoms with Gasteiger partial charge in [0.1, 0.15) is 0 Å². The summed E-state index contributed by atoms with van der Waals surface area (Å²) < 4.78 is 12.0. The Bertz CT molecular complexity index is 480. The lowest BCUT2D eigenvalue weighted by Crippen LogP contribution is -2.29. The van der Waals surface area contributed by atoms with Gasteiger partial charge in [-0.25, -0.2) is 0 Å². The first-order valence-corrected chi connectivity index (χ1v) is 7.43. The third-order valence-electron chi connectivity index (χ3n) is 3.72. The van der Waals surface area contributed by atoms with Crippen LogP contribution in [-0.4, -0.2) is 25.3 Å². The third-order valence-corrected chi connectivity index (χ3v) is 3.72. The Labute approximate surface area is 125 Å². The molecule has 1 aliphatic rings. The van der Waals surface area contributed by atoms with Gasteiger partial charge >= 0.3 is 0 Å². The largest absolute Gasteiger partial charge is 0.369 e. The van der Waals surface area contributed by atoms with Gasteiger partial charge in [-0.15, -0.1) is 0 Å². The first-order valence-electron chi connectivity index (χ1n) is 7.43. The molecule has 3 nitrogen and oxygen atoms in total. The van der Waals surface area contributed by atoms with E-state index in [0.717, 1.165) is 13.1 Å². The number of nitrogens with one attached hydrogen (secondary N) is 1. The molecule has 2 aromatic rings. The molecule has 1 saturated heterocycles. The Balaban J connectivity index is 1.49. The van der Waals surface area contributed by atoms with Crippen LogP contribution in [0.3, 0.4) is 0 Å². The highest BCUT2D eigenvalue weighted by Gasteiger charge is 2.28. The van der Waals surface area contributed by atoms with Crippen molar-refractivity contribution in [2.45, 2.75) is 25.4 Å². The predicted molar refractivity (Wildman–Crippen MR) is 82.9 cm³/mol. The van der Waals surface area contributed by atoms with Gasteiger partial charge in [0, 0.05) is 13.1 Å². The lowest BCUT2D eigenvalue weighted by atomic mass is 10.2. The topological polar surface area (TPSA) is 30.5 Å². The zero-order valence-corrected chi connectivity index (χ0v) is 12.1. The summed E-state index contributed by atoms with van der Waals surface area (Å²) in [7, 11) is 0. The van der Waals surface area contributed by atoms with Crippen molar-refractivity contribution in [1.82, 2.24) is 5.32 Å². The summed E-state index contributed by atoms with van der Waals surface area (Å²) in [6.07, 6.45) is 0.239. The molecule has 1 aliphatic heterocycles. The molecule has 2 atom stereocenters. The van der Waals surface area contributed by atoms with Crippen LogP contribution in [0.2, 0.25) is 0 Å².